The molecular formula is C22H24ClN5O5. The Morgan fingerprint density at radius 1 is 1.21 bits per heavy atom. The van der Waals surface area contributed by atoms with E-state index in [4.69, 9.17) is 16.3 Å². The zero-order chi connectivity index (χ0) is 23.5. The van der Waals surface area contributed by atoms with Gasteiger partial charge in [0.1, 0.15) is 5.82 Å². The van der Waals surface area contributed by atoms with Crippen LogP contribution < -0.4 is 21.1 Å². The third kappa shape index (κ3) is 5.00. The number of carbonyl (C=O) groups is 3. The smallest absolute Gasteiger partial charge is 0.309 e. The van der Waals surface area contributed by atoms with Crippen molar-refractivity contribution in [1.29, 1.82) is 0 Å². The number of anilines is 3. The largest absolute Gasteiger partial charge is 0.466 e. The van der Waals surface area contributed by atoms with Crippen LogP contribution in [0.4, 0.5) is 17.5 Å². The van der Waals surface area contributed by atoms with Gasteiger partial charge >= 0.3 is 5.97 Å². The Morgan fingerprint density at radius 2 is 1.91 bits per heavy atom. The van der Waals surface area contributed by atoms with Crippen LogP contribution in [0.2, 0.25) is 5.02 Å². The first-order valence-corrected chi connectivity index (χ1v) is 11.2. The third-order valence-electron chi connectivity index (χ3n) is 5.78. The second-order valence-electron chi connectivity index (χ2n) is 7.97. The molecule has 1 aromatic heterocycles. The van der Waals surface area contributed by atoms with E-state index in [1.807, 2.05) is 4.90 Å². The highest BCUT2D eigenvalue weighted by Crippen LogP contribution is 2.31. The summed E-state index contributed by atoms with van der Waals surface area (Å²) in [4.78, 5) is 59.1. The normalized spacial score (nSPS) is 18.3. The molecule has 1 atom stereocenters. The number of hydrogen-bond acceptors (Lipinski definition) is 7. The topological polar surface area (TPSA) is 133 Å². The fourth-order valence-electron chi connectivity index (χ4n) is 4.08. The lowest BCUT2D eigenvalue weighted by molar-refractivity contribution is -0.148. The number of benzene rings is 1. The van der Waals surface area contributed by atoms with Gasteiger partial charge in [0.2, 0.25) is 17.8 Å². The molecule has 2 amide bonds. The number of aromatic nitrogens is 2. The van der Waals surface area contributed by atoms with Crippen molar-refractivity contribution in [3.63, 3.8) is 0 Å². The van der Waals surface area contributed by atoms with E-state index in [9.17, 15) is 19.2 Å². The molecule has 0 bridgehead atoms. The van der Waals surface area contributed by atoms with Crippen molar-refractivity contribution in [1.82, 2.24) is 9.97 Å². The fraction of sp³-hybridized carbons (Fsp3) is 0.409. The van der Waals surface area contributed by atoms with Gasteiger partial charge < -0.3 is 20.3 Å². The molecule has 0 unspecified atom stereocenters. The maximum Gasteiger partial charge on any atom is 0.309 e. The molecule has 3 heterocycles. The van der Waals surface area contributed by atoms with E-state index in [0.717, 1.165) is 0 Å². The maximum absolute atomic E-state index is 13.0. The number of nitrogens with one attached hydrogen (secondary N) is 3. The van der Waals surface area contributed by atoms with Crippen LogP contribution in [0.3, 0.4) is 0 Å². The van der Waals surface area contributed by atoms with Crippen molar-refractivity contribution in [2.75, 3.05) is 35.2 Å². The number of H-pyrrole nitrogens is 1. The number of nitrogens with zero attached hydrogens (tertiary/aromatic N) is 2. The summed E-state index contributed by atoms with van der Waals surface area (Å²) >= 11 is 5.87. The number of fused-ring (bicyclic) bond motifs is 1. The molecule has 0 saturated carbocycles. The van der Waals surface area contributed by atoms with Gasteiger partial charge in [-0.05, 0) is 44.0 Å². The predicted octanol–water partition coefficient (Wildman–Crippen LogP) is 2.27. The van der Waals surface area contributed by atoms with Gasteiger partial charge in [0, 0.05) is 30.2 Å². The molecule has 0 radical (unpaired) electrons. The summed E-state index contributed by atoms with van der Waals surface area (Å²) in [6.45, 7) is 3.11. The van der Waals surface area contributed by atoms with Gasteiger partial charge in [0.15, 0.2) is 0 Å². The number of aromatic amines is 1. The minimum Gasteiger partial charge on any atom is -0.466 e. The van der Waals surface area contributed by atoms with Crippen molar-refractivity contribution < 1.29 is 19.1 Å². The standard InChI is InChI=1S/C22H24ClN5O5/c1-2-33-21(32)12-7-9-28(10-8-12)22-26-18-17(20(31)27-22)15(11-16(29)25-18)19(30)24-14-5-3-13(23)4-6-14/h3-6,12,15H,2,7-11H2,1H3,(H,24,30)(H2,25,26,27,29,31)/t15-/m1/s1. The number of halogens is 1. The van der Waals surface area contributed by atoms with Crippen molar-refractivity contribution in [2.45, 2.75) is 32.1 Å². The summed E-state index contributed by atoms with van der Waals surface area (Å²) in [7, 11) is 0. The van der Waals surface area contributed by atoms with Gasteiger partial charge in [-0.2, -0.15) is 4.98 Å². The van der Waals surface area contributed by atoms with E-state index in [-0.39, 0.29) is 29.7 Å². The number of amides is 2. The Kier molecular flexibility index (Phi) is 6.64. The molecule has 1 fully saturated rings. The van der Waals surface area contributed by atoms with Crippen molar-refractivity contribution in [3.05, 3.63) is 45.2 Å². The molecule has 0 aliphatic carbocycles. The summed E-state index contributed by atoms with van der Waals surface area (Å²) in [5.74, 6) is -1.90. The first kappa shape index (κ1) is 22.8. The molecular weight excluding hydrogens is 450 g/mol. The van der Waals surface area contributed by atoms with Gasteiger partial charge in [-0.25, -0.2) is 0 Å². The Bertz CT molecular complexity index is 1120. The molecule has 33 heavy (non-hydrogen) atoms. The SMILES string of the molecule is CCOC(=O)C1CCN(c2nc3c(c(=O)[nH]2)[C@H](C(=O)Nc2ccc(Cl)cc2)CC(=O)N3)CC1. The Balaban J connectivity index is 1.53. The van der Waals surface area contributed by atoms with Gasteiger partial charge in [0.05, 0.1) is 24.0 Å². The van der Waals surface area contributed by atoms with Crippen molar-refractivity contribution in [3.8, 4) is 0 Å². The van der Waals surface area contributed by atoms with Crippen LogP contribution in [-0.4, -0.2) is 47.4 Å². The van der Waals surface area contributed by atoms with Crippen molar-refractivity contribution in [2.24, 2.45) is 5.92 Å². The fourth-order valence-corrected chi connectivity index (χ4v) is 4.21. The summed E-state index contributed by atoms with van der Waals surface area (Å²) < 4.78 is 5.09. The van der Waals surface area contributed by atoms with E-state index in [1.165, 1.54) is 0 Å². The molecule has 2 aliphatic heterocycles. The number of rotatable bonds is 5. The summed E-state index contributed by atoms with van der Waals surface area (Å²) in [5.41, 5.74) is 0.132. The molecule has 3 N–H and O–H groups in total. The van der Waals surface area contributed by atoms with Crippen LogP contribution in [0.25, 0.3) is 0 Å². The van der Waals surface area contributed by atoms with Crippen LogP contribution in [0, 0.1) is 5.92 Å². The van der Waals surface area contributed by atoms with E-state index < -0.39 is 23.3 Å². The second-order valence-corrected chi connectivity index (χ2v) is 8.40. The number of ether oxygens (including phenoxy) is 1. The van der Waals surface area contributed by atoms with E-state index in [2.05, 4.69) is 20.6 Å². The zero-order valence-corrected chi connectivity index (χ0v) is 18.8. The highest BCUT2D eigenvalue weighted by Gasteiger charge is 2.36. The quantitative estimate of drug-likeness (QED) is 0.567. The minimum absolute atomic E-state index is 0.0776. The molecule has 1 saturated heterocycles. The van der Waals surface area contributed by atoms with E-state index in [1.54, 1.807) is 31.2 Å². The first-order chi connectivity index (χ1) is 15.9. The minimum atomic E-state index is -0.982. The van der Waals surface area contributed by atoms with Crippen LogP contribution >= 0.6 is 11.6 Å². The monoisotopic (exact) mass is 473 g/mol. The van der Waals surface area contributed by atoms with Crippen LogP contribution in [-0.2, 0) is 19.1 Å². The third-order valence-corrected chi connectivity index (χ3v) is 6.03. The van der Waals surface area contributed by atoms with Crippen molar-refractivity contribution >= 4 is 46.8 Å². The summed E-state index contributed by atoms with van der Waals surface area (Å²) in [6.07, 6.45) is 0.970. The highest BCUT2D eigenvalue weighted by molar-refractivity contribution is 6.30. The Morgan fingerprint density at radius 3 is 2.58 bits per heavy atom. The average molecular weight is 474 g/mol. The number of esters is 1. The van der Waals surface area contributed by atoms with Gasteiger partial charge in [-0.1, -0.05) is 11.6 Å². The molecule has 2 aliphatic rings. The molecule has 11 heteroatoms. The van der Waals surface area contributed by atoms with Crippen LogP contribution in [0.1, 0.15) is 37.7 Å². The maximum atomic E-state index is 13.0. The molecule has 10 nitrogen and oxygen atoms in total. The Labute approximate surface area is 194 Å². The van der Waals surface area contributed by atoms with E-state index >= 15 is 0 Å². The van der Waals surface area contributed by atoms with Crippen LogP contribution in [0.5, 0.6) is 0 Å². The number of piperidine rings is 1. The second kappa shape index (κ2) is 9.62. The molecule has 4 rings (SSSR count). The summed E-state index contributed by atoms with van der Waals surface area (Å²) in [6, 6.07) is 6.53. The van der Waals surface area contributed by atoms with Crippen LogP contribution in [0.15, 0.2) is 29.1 Å². The Hall–Kier alpha value is -3.40. The van der Waals surface area contributed by atoms with Gasteiger partial charge in [-0.15, -0.1) is 0 Å². The predicted molar refractivity (Wildman–Crippen MR) is 122 cm³/mol. The lowest BCUT2D eigenvalue weighted by Crippen LogP contribution is -2.41. The lowest BCUT2D eigenvalue weighted by Gasteiger charge is -2.32. The first-order valence-electron chi connectivity index (χ1n) is 10.8. The van der Waals surface area contributed by atoms with Gasteiger partial charge in [-0.3, -0.25) is 24.2 Å². The lowest BCUT2D eigenvalue weighted by atomic mass is 9.92. The zero-order valence-electron chi connectivity index (χ0n) is 18.0. The summed E-state index contributed by atoms with van der Waals surface area (Å²) in [5, 5.41) is 5.85. The molecule has 174 valence electrons. The number of hydrogen-bond donors (Lipinski definition) is 3. The average Bonchev–Trinajstić information content (AvgIpc) is 2.80. The molecule has 1 aromatic carbocycles. The number of carbonyl (C=O) groups excluding carboxylic acids is 3. The van der Waals surface area contributed by atoms with E-state index in [0.29, 0.717) is 49.2 Å². The molecule has 2 aromatic rings. The van der Waals surface area contributed by atoms with Gasteiger partial charge in [0.25, 0.3) is 5.56 Å². The highest BCUT2D eigenvalue weighted by atomic mass is 35.5. The molecule has 0 spiro atoms.